The van der Waals surface area contributed by atoms with Crippen LogP contribution in [0.25, 0.3) is 0 Å². The summed E-state index contributed by atoms with van der Waals surface area (Å²) >= 11 is 0. The van der Waals surface area contributed by atoms with Gasteiger partial charge in [-0.3, -0.25) is 4.79 Å². The summed E-state index contributed by atoms with van der Waals surface area (Å²) in [5.74, 6) is -0.277. The van der Waals surface area contributed by atoms with Crippen LogP contribution in [0, 0.1) is 0 Å². The van der Waals surface area contributed by atoms with Crippen LogP contribution in [-0.4, -0.2) is 21.5 Å². The van der Waals surface area contributed by atoms with E-state index in [1.165, 1.54) is 19.2 Å². The number of ether oxygens (including phenoxy) is 1. The molecule has 2 N–H and O–H groups in total. The second-order valence-electron chi connectivity index (χ2n) is 4.14. The molecule has 1 saturated carbocycles. The van der Waals surface area contributed by atoms with Crippen LogP contribution in [-0.2, 0) is 25.0 Å². The minimum atomic E-state index is -3.69. The molecule has 0 amide bonds. The van der Waals surface area contributed by atoms with Crippen molar-refractivity contribution in [3.05, 3.63) is 29.8 Å². The van der Waals surface area contributed by atoms with Crippen molar-refractivity contribution in [1.82, 2.24) is 0 Å². The third kappa shape index (κ3) is 2.05. The minimum absolute atomic E-state index is 0.0434. The van der Waals surface area contributed by atoms with Crippen molar-refractivity contribution in [2.45, 2.75) is 23.2 Å². The summed E-state index contributed by atoms with van der Waals surface area (Å²) in [6.07, 6.45) is 1.46. The fourth-order valence-electron chi connectivity index (χ4n) is 1.89. The normalized spacial score (nSPS) is 17.5. The third-order valence-electron chi connectivity index (χ3n) is 3.06. The summed E-state index contributed by atoms with van der Waals surface area (Å²) in [4.78, 5) is 11.7. The van der Waals surface area contributed by atoms with Gasteiger partial charge in [-0.15, -0.1) is 0 Å². The van der Waals surface area contributed by atoms with Crippen LogP contribution in [0.4, 0.5) is 0 Å². The Hall–Kier alpha value is -1.40. The van der Waals surface area contributed by atoms with E-state index in [2.05, 4.69) is 0 Å². The number of nitrogens with two attached hydrogens (primary N) is 1. The maximum atomic E-state index is 11.6. The van der Waals surface area contributed by atoms with E-state index in [-0.39, 0.29) is 10.9 Å². The number of benzene rings is 1. The van der Waals surface area contributed by atoms with Gasteiger partial charge in [0, 0.05) is 0 Å². The molecular formula is C11H13NO4S. The third-order valence-corrected chi connectivity index (χ3v) is 3.99. The number of methoxy groups -OCH3 is 1. The highest BCUT2D eigenvalue weighted by Gasteiger charge is 2.52. The van der Waals surface area contributed by atoms with Gasteiger partial charge in [-0.05, 0) is 30.5 Å². The molecule has 1 aromatic rings. The van der Waals surface area contributed by atoms with Crippen molar-refractivity contribution in [2.75, 3.05) is 7.11 Å². The molecule has 1 aliphatic carbocycles. The fraction of sp³-hybridized carbons (Fsp3) is 0.364. The topological polar surface area (TPSA) is 86.5 Å². The monoisotopic (exact) mass is 255 g/mol. The van der Waals surface area contributed by atoms with Gasteiger partial charge in [0.15, 0.2) is 0 Å². The summed E-state index contributed by atoms with van der Waals surface area (Å²) in [7, 11) is -2.34. The number of hydrogen-bond acceptors (Lipinski definition) is 4. The SMILES string of the molecule is COC(=O)C1(c2ccc(S(N)(=O)=O)cc2)CC1. The maximum Gasteiger partial charge on any atom is 0.316 e. The number of esters is 1. The molecule has 0 aromatic heterocycles. The molecule has 0 heterocycles. The Morgan fingerprint density at radius 3 is 2.18 bits per heavy atom. The molecule has 17 heavy (non-hydrogen) atoms. The average molecular weight is 255 g/mol. The summed E-state index contributed by atoms with van der Waals surface area (Å²) in [6.45, 7) is 0. The molecule has 0 aliphatic heterocycles. The second-order valence-corrected chi connectivity index (χ2v) is 5.70. The van der Waals surface area contributed by atoms with Crippen molar-refractivity contribution in [1.29, 1.82) is 0 Å². The number of carbonyl (C=O) groups excluding carboxylic acids is 1. The van der Waals surface area contributed by atoms with Gasteiger partial charge < -0.3 is 4.74 Å². The zero-order chi connectivity index (χ0) is 12.7. The van der Waals surface area contributed by atoms with Gasteiger partial charge in [0.25, 0.3) is 0 Å². The van der Waals surface area contributed by atoms with E-state index in [0.717, 1.165) is 18.4 Å². The first kappa shape index (κ1) is 12.1. The Morgan fingerprint density at radius 2 is 1.82 bits per heavy atom. The van der Waals surface area contributed by atoms with Gasteiger partial charge in [-0.2, -0.15) is 0 Å². The molecule has 0 unspecified atom stereocenters. The first-order valence-corrected chi connectivity index (χ1v) is 6.66. The van der Waals surface area contributed by atoms with Crippen molar-refractivity contribution >= 4 is 16.0 Å². The Bertz CT molecular complexity index is 543. The van der Waals surface area contributed by atoms with Gasteiger partial charge >= 0.3 is 5.97 Å². The molecular weight excluding hydrogens is 242 g/mol. The molecule has 0 saturated heterocycles. The zero-order valence-corrected chi connectivity index (χ0v) is 10.2. The highest BCUT2D eigenvalue weighted by atomic mass is 32.2. The standard InChI is InChI=1S/C11H13NO4S/c1-16-10(13)11(6-7-11)8-2-4-9(5-3-8)17(12,14)15/h2-5H,6-7H2,1H3,(H2,12,14,15). The Balaban J connectivity index is 2.34. The molecule has 0 radical (unpaired) electrons. The predicted molar refractivity (Wildman–Crippen MR) is 60.7 cm³/mol. The zero-order valence-electron chi connectivity index (χ0n) is 9.34. The summed E-state index contributed by atoms with van der Waals surface area (Å²) < 4.78 is 26.9. The lowest BCUT2D eigenvalue weighted by Gasteiger charge is -2.13. The number of hydrogen-bond donors (Lipinski definition) is 1. The lowest BCUT2D eigenvalue weighted by atomic mass is 9.96. The van der Waals surface area contributed by atoms with E-state index in [4.69, 9.17) is 9.88 Å². The molecule has 1 fully saturated rings. The Labute approximate surface area is 99.6 Å². The van der Waals surface area contributed by atoms with Crippen LogP contribution < -0.4 is 5.14 Å². The Morgan fingerprint density at radius 1 is 1.29 bits per heavy atom. The molecule has 2 rings (SSSR count). The molecule has 0 bridgehead atoms. The number of carbonyl (C=O) groups is 1. The van der Waals surface area contributed by atoms with Crippen LogP contribution in [0.1, 0.15) is 18.4 Å². The molecule has 92 valence electrons. The van der Waals surface area contributed by atoms with Crippen LogP contribution in [0.3, 0.4) is 0 Å². The van der Waals surface area contributed by atoms with Crippen LogP contribution in [0.15, 0.2) is 29.2 Å². The van der Waals surface area contributed by atoms with Crippen LogP contribution >= 0.6 is 0 Å². The molecule has 1 aliphatic rings. The smallest absolute Gasteiger partial charge is 0.316 e. The molecule has 6 heteroatoms. The van der Waals surface area contributed by atoms with Gasteiger partial charge in [-0.1, -0.05) is 12.1 Å². The molecule has 0 spiro atoms. The Kier molecular flexibility index (Phi) is 2.71. The maximum absolute atomic E-state index is 11.6. The van der Waals surface area contributed by atoms with E-state index in [9.17, 15) is 13.2 Å². The first-order valence-electron chi connectivity index (χ1n) is 5.12. The van der Waals surface area contributed by atoms with E-state index in [0.29, 0.717) is 0 Å². The van der Waals surface area contributed by atoms with Crippen LogP contribution in [0.5, 0.6) is 0 Å². The number of sulfonamides is 1. The van der Waals surface area contributed by atoms with E-state index < -0.39 is 15.4 Å². The summed E-state index contributed by atoms with van der Waals surface area (Å²) in [5, 5.41) is 5.00. The van der Waals surface area contributed by atoms with Crippen molar-refractivity contribution < 1.29 is 17.9 Å². The summed E-state index contributed by atoms with van der Waals surface area (Å²) in [5.41, 5.74) is 0.197. The van der Waals surface area contributed by atoms with Crippen molar-refractivity contribution in [2.24, 2.45) is 5.14 Å². The van der Waals surface area contributed by atoms with E-state index in [1.807, 2.05) is 0 Å². The van der Waals surface area contributed by atoms with Crippen molar-refractivity contribution in [3.8, 4) is 0 Å². The van der Waals surface area contributed by atoms with Crippen LogP contribution in [0.2, 0.25) is 0 Å². The average Bonchev–Trinajstić information content (AvgIpc) is 3.08. The fourth-order valence-corrected chi connectivity index (χ4v) is 2.41. The quantitative estimate of drug-likeness (QED) is 0.798. The second kappa shape index (κ2) is 3.82. The van der Waals surface area contributed by atoms with Gasteiger partial charge in [-0.25, -0.2) is 13.6 Å². The number of rotatable bonds is 3. The lowest BCUT2D eigenvalue weighted by Crippen LogP contribution is -2.22. The highest BCUT2D eigenvalue weighted by Crippen LogP contribution is 2.49. The first-order chi connectivity index (χ1) is 7.90. The molecule has 5 nitrogen and oxygen atoms in total. The number of primary sulfonamides is 1. The van der Waals surface area contributed by atoms with Crippen molar-refractivity contribution in [3.63, 3.8) is 0 Å². The predicted octanol–water partition coefficient (Wildman–Crippen LogP) is 0.539. The van der Waals surface area contributed by atoms with E-state index >= 15 is 0 Å². The van der Waals surface area contributed by atoms with Gasteiger partial charge in [0.05, 0.1) is 17.4 Å². The van der Waals surface area contributed by atoms with Gasteiger partial charge in [0.2, 0.25) is 10.0 Å². The molecule has 1 aromatic carbocycles. The highest BCUT2D eigenvalue weighted by molar-refractivity contribution is 7.89. The molecule has 0 atom stereocenters. The lowest BCUT2D eigenvalue weighted by molar-refractivity contribution is -0.143. The largest absolute Gasteiger partial charge is 0.468 e. The van der Waals surface area contributed by atoms with E-state index in [1.54, 1.807) is 12.1 Å². The summed E-state index contributed by atoms with van der Waals surface area (Å²) in [6, 6.07) is 6.05. The van der Waals surface area contributed by atoms with Gasteiger partial charge in [0.1, 0.15) is 0 Å². The minimum Gasteiger partial charge on any atom is -0.468 e.